The molecule has 11 heteroatoms. The second-order valence-corrected chi connectivity index (χ2v) is 6.58. The lowest BCUT2D eigenvalue weighted by Crippen LogP contribution is -2.49. The van der Waals surface area contributed by atoms with Crippen molar-refractivity contribution in [2.75, 3.05) is 51.2 Å². The van der Waals surface area contributed by atoms with Crippen LogP contribution in [0, 0.1) is 5.92 Å². The van der Waals surface area contributed by atoms with E-state index in [1.807, 2.05) is 4.90 Å². The maximum Gasteiger partial charge on any atom is 0.433 e. The molecule has 0 aromatic carbocycles. The molecule has 3 N–H and O–H groups in total. The zero-order chi connectivity index (χ0) is 20.7. The number of halogens is 3. The van der Waals surface area contributed by atoms with E-state index in [1.165, 1.54) is 0 Å². The number of β-amino-alcohol motifs (C(OH)–C–C–N with tert-alkyl or cyclic N) is 1. The number of carboxylic acids is 1. The average Bonchev–Trinajstić information content (AvgIpc) is 2.62. The van der Waals surface area contributed by atoms with Crippen LogP contribution in [-0.4, -0.2) is 82.7 Å². The first kappa shape index (κ1) is 22.1. The van der Waals surface area contributed by atoms with Crippen LogP contribution in [0.3, 0.4) is 0 Å². The van der Waals surface area contributed by atoms with E-state index < -0.39 is 29.7 Å². The number of nitrogens with one attached hydrogen (secondary N) is 1. The SMILES string of the molecule is O=C(C[C@@H](CN1CCN(CCO)CC1)C(=O)O)Nc1ccc(C(F)(F)F)nc1. The van der Waals surface area contributed by atoms with Gasteiger partial charge < -0.3 is 15.5 Å². The van der Waals surface area contributed by atoms with Crippen LogP contribution in [0.2, 0.25) is 0 Å². The minimum atomic E-state index is -4.57. The van der Waals surface area contributed by atoms with E-state index in [9.17, 15) is 27.9 Å². The van der Waals surface area contributed by atoms with E-state index in [1.54, 1.807) is 0 Å². The molecule has 2 heterocycles. The van der Waals surface area contributed by atoms with Crippen molar-refractivity contribution >= 4 is 17.6 Å². The first-order valence-corrected chi connectivity index (χ1v) is 8.80. The number of carbonyl (C=O) groups excluding carboxylic acids is 1. The average molecular weight is 404 g/mol. The van der Waals surface area contributed by atoms with Crippen molar-refractivity contribution in [1.82, 2.24) is 14.8 Å². The molecule has 156 valence electrons. The number of pyridine rings is 1. The number of aliphatic hydroxyl groups is 1. The summed E-state index contributed by atoms with van der Waals surface area (Å²) >= 11 is 0. The number of piperazine rings is 1. The summed E-state index contributed by atoms with van der Waals surface area (Å²) in [6.45, 7) is 3.51. The van der Waals surface area contributed by atoms with Gasteiger partial charge in [-0.05, 0) is 12.1 Å². The molecule has 1 aliphatic rings. The lowest BCUT2D eigenvalue weighted by Gasteiger charge is -2.35. The highest BCUT2D eigenvalue weighted by molar-refractivity contribution is 5.93. The first-order chi connectivity index (χ1) is 13.2. The Hall–Kier alpha value is -2.24. The summed E-state index contributed by atoms with van der Waals surface area (Å²) in [6.07, 6.45) is -3.98. The third kappa shape index (κ3) is 6.73. The van der Waals surface area contributed by atoms with Gasteiger partial charge in [-0.15, -0.1) is 0 Å². The normalized spacial score (nSPS) is 17.3. The van der Waals surface area contributed by atoms with Crippen molar-refractivity contribution in [3.8, 4) is 0 Å². The molecule has 0 saturated carbocycles. The molecule has 2 rings (SSSR count). The number of amides is 1. The zero-order valence-electron chi connectivity index (χ0n) is 15.2. The van der Waals surface area contributed by atoms with Crippen LogP contribution in [0.4, 0.5) is 18.9 Å². The van der Waals surface area contributed by atoms with E-state index >= 15 is 0 Å². The Labute approximate surface area is 160 Å². The predicted molar refractivity (Wildman–Crippen MR) is 93.6 cm³/mol. The summed E-state index contributed by atoms with van der Waals surface area (Å²) in [6, 6.07) is 1.82. The number of carbonyl (C=O) groups is 2. The third-order valence-electron chi connectivity index (χ3n) is 4.48. The number of hydrogen-bond acceptors (Lipinski definition) is 6. The van der Waals surface area contributed by atoms with E-state index in [4.69, 9.17) is 5.11 Å². The molecule has 0 spiro atoms. The van der Waals surface area contributed by atoms with Crippen LogP contribution in [0.15, 0.2) is 18.3 Å². The number of nitrogens with zero attached hydrogens (tertiary/aromatic N) is 3. The molecule has 1 fully saturated rings. The highest BCUT2D eigenvalue weighted by Crippen LogP contribution is 2.27. The first-order valence-electron chi connectivity index (χ1n) is 8.80. The summed E-state index contributed by atoms with van der Waals surface area (Å²) in [5.74, 6) is -2.65. The van der Waals surface area contributed by atoms with Gasteiger partial charge in [0.15, 0.2) is 0 Å². The van der Waals surface area contributed by atoms with E-state index in [2.05, 4.69) is 15.2 Å². The Morgan fingerprint density at radius 3 is 2.32 bits per heavy atom. The van der Waals surface area contributed by atoms with Gasteiger partial charge in [-0.3, -0.25) is 19.4 Å². The van der Waals surface area contributed by atoms with Gasteiger partial charge in [-0.1, -0.05) is 0 Å². The maximum absolute atomic E-state index is 12.5. The number of alkyl halides is 3. The number of hydrogen-bond donors (Lipinski definition) is 3. The van der Waals surface area contributed by atoms with Crippen LogP contribution < -0.4 is 5.32 Å². The molecule has 1 aromatic heterocycles. The van der Waals surface area contributed by atoms with Crippen molar-refractivity contribution in [3.05, 3.63) is 24.0 Å². The van der Waals surface area contributed by atoms with Crippen LogP contribution in [0.5, 0.6) is 0 Å². The molecule has 0 unspecified atom stereocenters. The molecule has 1 saturated heterocycles. The summed E-state index contributed by atoms with van der Waals surface area (Å²) in [7, 11) is 0. The van der Waals surface area contributed by atoms with Gasteiger partial charge in [-0.25, -0.2) is 4.98 Å². The number of aliphatic carboxylic acids is 1. The lowest BCUT2D eigenvalue weighted by molar-refractivity contribution is -0.144. The Kier molecular flexibility index (Phi) is 7.72. The molecule has 8 nitrogen and oxygen atoms in total. The van der Waals surface area contributed by atoms with Gasteiger partial charge in [0, 0.05) is 45.7 Å². The van der Waals surface area contributed by atoms with Gasteiger partial charge in [-0.2, -0.15) is 13.2 Å². The molecular formula is C17H23F3N4O4. The van der Waals surface area contributed by atoms with E-state index in [0.29, 0.717) is 32.7 Å². The number of aromatic nitrogens is 1. The summed E-state index contributed by atoms with van der Waals surface area (Å²) in [5.41, 5.74) is -1.01. The van der Waals surface area contributed by atoms with Crippen molar-refractivity contribution in [3.63, 3.8) is 0 Å². The van der Waals surface area contributed by atoms with E-state index in [-0.39, 0.29) is 25.3 Å². The molecular weight excluding hydrogens is 381 g/mol. The van der Waals surface area contributed by atoms with E-state index in [0.717, 1.165) is 18.3 Å². The molecule has 0 aliphatic carbocycles. The highest BCUT2D eigenvalue weighted by Gasteiger charge is 2.32. The van der Waals surface area contributed by atoms with Crippen LogP contribution in [0.1, 0.15) is 12.1 Å². The monoisotopic (exact) mass is 404 g/mol. The maximum atomic E-state index is 12.5. The summed E-state index contributed by atoms with van der Waals surface area (Å²) in [4.78, 5) is 30.9. The number of carboxylic acid groups (broad SMARTS) is 1. The second kappa shape index (κ2) is 9.80. The largest absolute Gasteiger partial charge is 0.481 e. The second-order valence-electron chi connectivity index (χ2n) is 6.58. The van der Waals surface area contributed by atoms with Gasteiger partial charge >= 0.3 is 12.1 Å². The van der Waals surface area contributed by atoms with Gasteiger partial charge in [0.1, 0.15) is 5.69 Å². The Bertz CT molecular complexity index is 661. The number of rotatable bonds is 8. The quantitative estimate of drug-likeness (QED) is 0.587. The molecule has 0 bridgehead atoms. The molecule has 1 aliphatic heterocycles. The zero-order valence-corrected chi connectivity index (χ0v) is 15.2. The van der Waals surface area contributed by atoms with Crippen LogP contribution >= 0.6 is 0 Å². The molecule has 1 aromatic rings. The molecule has 0 radical (unpaired) electrons. The minimum absolute atomic E-state index is 0.0662. The summed E-state index contributed by atoms with van der Waals surface area (Å²) < 4.78 is 37.5. The summed E-state index contributed by atoms with van der Waals surface area (Å²) in [5, 5.41) is 20.7. The molecule has 28 heavy (non-hydrogen) atoms. The Morgan fingerprint density at radius 1 is 1.18 bits per heavy atom. The van der Waals surface area contributed by atoms with Crippen LogP contribution in [-0.2, 0) is 15.8 Å². The fourth-order valence-corrected chi connectivity index (χ4v) is 2.95. The fourth-order valence-electron chi connectivity index (χ4n) is 2.95. The van der Waals surface area contributed by atoms with Crippen molar-refractivity contribution in [2.24, 2.45) is 5.92 Å². The topological polar surface area (TPSA) is 106 Å². The minimum Gasteiger partial charge on any atom is -0.481 e. The Morgan fingerprint density at radius 2 is 1.82 bits per heavy atom. The van der Waals surface area contributed by atoms with Crippen molar-refractivity contribution in [2.45, 2.75) is 12.6 Å². The van der Waals surface area contributed by atoms with Gasteiger partial charge in [0.2, 0.25) is 5.91 Å². The molecule has 1 amide bonds. The highest BCUT2D eigenvalue weighted by atomic mass is 19.4. The lowest BCUT2D eigenvalue weighted by atomic mass is 10.0. The third-order valence-corrected chi connectivity index (χ3v) is 4.48. The van der Waals surface area contributed by atoms with Crippen molar-refractivity contribution in [1.29, 1.82) is 0 Å². The Balaban J connectivity index is 1.86. The van der Waals surface area contributed by atoms with Crippen molar-refractivity contribution < 1.29 is 33.0 Å². The fraction of sp³-hybridized carbons (Fsp3) is 0.588. The smallest absolute Gasteiger partial charge is 0.433 e. The van der Waals surface area contributed by atoms with Gasteiger partial charge in [0.05, 0.1) is 24.4 Å². The number of aliphatic hydroxyl groups excluding tert-OH is 1. The standard InChI is InChI=1S/C17H23F3N4O4/c18-17(19,20)14-2-1-13(10-21-14)22-15(26)9-12(16(27)28)11-24-5-3-23(4-6-24)7-8-25/h1-2,10,12,25H,3-9,11H2,(H,22,26)(H,27,28)/t12-/m0/s1. The van der Waals surface area contributed by atoms with Crippen LogP contribution in [0.25, 0.3) is 0 Å². The molecule has 1 atom stereocenters. The van der Waals surface area contributed by atoms with Gasteiger partial charge in [0.25, 0.3) is 0 Å². The number of anilines is 1. The predicted octanol–water partition coefficient (Wildman–Crippen LogP) is 0.740.